The molecule has 128 valence electrons. The summed E-state index contributed by atoms with van der Waals surface area (Å²) in [7, 11) is 0. The Labute approximate surface area is 146 Å². The fourth-order valence-electron chi connectivity index (χ4n) is 3.29. The zero-order valence-corrected chi connectivity index (χ0v) is 14.2. The van der Waals surface area contributed by atoms with Crippen molar-refractivity contribution in [2.45, 2.75) is 26.2 Å². The van der Waals surface area contributed by atoms with Crippen molar-refractivity contribution in [3.8, 4) is 6.07 Å². The van der Waals surface area contributed by atoms with E-state index < -0.39 is 0 Å². The molecule has 4 nitrogen and oxygen atoms in total. The fourth-order valence-corrected chi connectivity index (χ4v) is 3.29. The van der Waals surface area contributed by atoms with Gasteiger partial charge in [0.25, 0.3) is 0 Å². The van der Waals surface area contributed by atoms with Gasteiger partial charge in [-0.25, -0.2) is 4.39 Å². The lowest BCUT2D eigenvalue weighted by atomic mass is 9.96. The summed E-state index contributed by atoms with van der Waals surface area (Å²) in [6.07, 6.45) is 2.07. The molecule has 5 heteroatoms. The number of para-hydroxylation sites is 1. The number of carbonyl (C=O) groups is 1. The average Bonchev–Trinajstić information content (AvgIpc) is 2.63. The largest absolute Gasteiger partial charge is 0.368 e. The minimum absolute atomic E-state index is 0.178. The third kappa shape index (κ3) is 3.63. The lowest BCUT2D eigenvalue weighted by Crippen LogP contribution is -2.33. The van der Waals surface area contributed by atoms with Gasteiger partial charge in [-0.15, -0.1) is 0 Å². The Morgan fingerprint density at radius 1 is 1.32 bits per heavy atom. The van der Waals surface area contributed by atoms with Gasteiger partial charge >= 0.3 is 0 Å². The maximum Gasteiger partial charge on any atom is 0.226 e. The van der Waals surface area contributed by atoms with E-state index in [-0.39, 0.29) is 18.1 Å². The summed E-state index contributed by atoms with van der Waals surface area (Å²) in [4.78, 5) is 14.2. The monoisotopic (exact) mass is 337 g/mol. The van der Waals surface area contributed by atoms with Crippen LogP contribution >= 0.6 is 0 Å². The smallest absolute Gasteiger partial charge is 0.226 e. The number of rotatable bonds is 4. The SMILES string of the molecule is Cc1ccc(F)c2c1CCCN2CCC(=O)Nc1ccccc1C#N. The van der Waals surface area contributed by atoms with E-state index in [4.69, 9.17) is 5.26 Å². The standard InChI is InChI=1S/C20H20FN3O/c1-14-8-9-17(21)20-16(14)6-4-11-24(20)12-10-19(25)23-18-7-3-2-5-15(18)13-22/h2-3,5,7-9H,4,6,10-12H2,1H3,(H,23,25). The highest BCUT2D eigenvalue weighted by molar-refractivity contribution is 5.92. The van der Waals surface area contributed by atoms with Crippen LogP contribution in [0, 0.1) is 24.1 Å². The van der Waals surface area contributed by atoms with E-state index in [1.165, 1.54) is 6.07 Å². The van der Waals surface area contributed by atoms with Gasteiger partial charge in [0.2, 0.25) is 5.91 Å². The second kappa shape index (κ2) is 7.35. The third-order valence-corrected chi connectivity index (χ3v) is 4.57. The molecule has 0 bridgehead atoms. The maximum atomic E-state index is 14.3. The van der Waals surface area contributed by atoms with Crippen molar-refractivity contribution >= 4 is 17.3 Å². The summed E-state index contributed by atoms with van der Waals surface area (Å²) in [5.41, 5.74) is 3.71. The molecular weight excluding hydrogens is 317 g/mol. The molecule has 0 saturated heterocycles. The number of amides is 1. The van der Waals surface area contributed by atoms with E-state index in [1.807, 2.05) is 17.9 Å². The number of anilines is 2. The van der Waals surface area contributed by atoms with Gasteiger partial charge in [0, 0.05) is 19.5 Å². The Morgan fingerprint density at radius 3 is 2.92 bits per heavy atom. The number of benzene rings is 2. The second-order valence-corrected chi connectivity index (χ2v) is 6.24. The third-order valence-electron chi connectivity index (χ3n) is 4.57. The molecule has 1 N–H and O–H groups in total. The number of fused-ring (bicyclic) bond motifs is 1. The highest BCUT2D eigenvalue weighted by atomic mass is 19.1. The molecule has 3 rings (SSSR count). The van der Waals surface area contributed by atoms with E-state index in [9.17, 15) is 9.18 Å². The summed E-state index contributed by atoms with van der Waals surface area (Å²) >= 11 is 0. The normalized spacial score (nSPS) is 13.1. The molecule has 1 aliphatic heterocycles. The average molecular weight is 337 g/mol. The van der Waals surface area contributed by atoms with Gasteiger partial charge in [-0.05, 0) is 49.1 Å². The van der Waals surface area contributed by atoms with Crippen LogP contribution in [-0.2, 0) is 11.2 Å². The number of aryl methyl sites for hydroxylation is 1. The summed E-state index contributed by atoms with van der Waals surface area (Å²) in [5, 5.41) is 11.8. The Bertz CT molecular complexity index is 841. The molecule has 2 aromatic rings. The minimum atomic E-state index is -0.226. The molecule has 1 heterocycles. The summed E-state index contributed by atoms with van der Waals surface area (Å²) < 4.78 is 14.3. The molecular formula is C20H20FN3O. The predicted molar refractivity (Wildman–Crippen MR) is 96.1 cm³/mol. The molecule has 0 unspecified atom stereocenters. The predicted octanol–water partition coefficient (Wildman–Crippen LogP) is 3.79. The quantitative estimate of drug-likeness (QED) is 0.923. The van der Waals surface area contributed by atoms with E-state index in [0.29, 0.717) is 23.5 Å². The number of nitrogens with zero attached hydrogens (tertiary/aromatic N) is 2. The van der Waals surface area contributed by atoms with Crippen molar-refractivity contribution in [3.63, 3.8) is 0 Å². The summed E-state index contributed by atoms with van der Waals surface area (Å²) in [6, 6.07) is 12.3. The summed E-state index contributed by atoms with van der Waals surface area (Å²) in [5.74, 6) is -0.404. The number of nitriles is 1. The van der Waals surface area contributed by atoms with Crippen molar-refractivity contribution in [2.24, 2.45) is 0 Å². The molecule has 0 radical (unpaired) electrons. The van der Waals surface area contributed by atoms with Crippen LogP contribution in [0.5, 0.6) is 0 Å². The van der Waals surface area contributed by atoms with E-state index in [2.05, 4.69) is 11.4 Å². The van der Waals surface area contributed by atoms with Crippen molar-refractivity contribution in [2.75, 3.05) is 23.3 Å². The molecule has 2 aromatic carbocycles. The van der Waals surface area contributed by atoms with Crippen LogP contribution in [-0.4, -0.2) is 19.0 Å². The first-order chi connectivity index (χ1) is 12.1. The second-order valence-electron chi connectivity index (χ2n) is 6.24. The van der Waals surface area contributed by atoms with E-state index >= 15 is 0 Å². The van der Waals surface area contributed by atoms with Crippen LogP contribution in [0.4, 0.5) is 15.8 Å². The van der Waals surface area contributed by atoms with Crippen LogP contribution in [0.2, 0.25) is 0 Å². The zero-order valence-electron chi connectivity index (χ0n) is 14.2. The van der Waals surface area contributed by atoms with Gasteiger partial charge in [-0.1, -0.05) is 18.2 Å². The van der Waals surface area contributed by atoms with Crippen molar-refractivity contribution in [1.29, 1.82) is 5.26 Å². The Hall–Kier alpha value is -2.87. The molecule has 0 atom stereocenters. The number of hydrogen-bond acceptors (Lipinski definition) is 3. The zero-order chi connectivity index (χ0) is 17.8. The number of hydrogen-bond donors (Lipinski definition) is 1. The maximum absolute atomic E-state index is 14.3. The molecule has 25 heavy (non-hydrogen) atoms. The lowest BCUT2D eigenvalue weighted by molar-refractivity contribution is -0.116. The fraction of sp³-hybridized carbons (Fsp3) is 0.300. The first kappa shape index (κ1) is 17.0. The first-order valence-corrected chi connectivity index (χ1v) is 8.42. The van der Waals surface area contributed by atoms with Crippen LogP contribution in [0.25, 0.3) is 0 Å². The molecule has 0 aromatic heterocycles. The number of nitrogens with one attached hydrogen (secondary N) is 1. The Kier molecular flexibility index (Phi) is 4.99. The lowest BCUT2D eigenvalue weighted by Gasteiger charge is -2.32. The number of halogens is 1. The topological polar surface area (TPSA) is 56.1 Å². The summed E-state index contributed by atoms with van der Waals surface area (Å²) in [6.45, 7) is 3.19. The van der Waals surface area contributed by atoms with Gasteiger partial charge < -0.3 is 10.2 Å². The highest BCUT2D eigenvalue weighted by Gasteiger charge is 2.22. The van der Waals surface area contributed by atoms with Crippen LogP contribution in [0.15, 0.2) is 36.4 Å². The van der Waals surface area contributed by atoms with E-state index in [0.717, 1.165) is 30.5 Å². The first-order valence-electron chi connectivity index (χ1n) is 8.42. The Balaban J connectivity index is 1.68. The van der Waals surface area contributed by atoms with Crippen LogP contribution in [0.1, 0.15) is 29.5 Å². The van der Waals surface area contributed by atoms with Gasteiger partial charge in [-0.2, -0.15) is 5.26 Å². The van der Waals surface area contributed by atoms with Gasteiger partial charge in [0.05, 0.1) is 16.9 Å². The van der Waals surface area contributed by atoms with Crippen LogP contribution in [0.3, 0.4) is 0 Å². The molecule has 0 aliphatic carbocycles. The molecule has 1 amide bonds. The van der Waals surface area contributed by atoms with Crippen molar-refractivity contribution in [3.05, 3.63) is 58.9 Å². The molecule has 1 aliphatic rings. The molecule has 0 fully saturated rings. The van der Waals surface area contributed by atoms with E-state index in [1.54, 1.807) is 24.3 Å². The Morgan fingerprint density at radius 2 is 2.12 bits per heavy atom. The minimum Gasteiger partial charge on any atom is -0.368 e. The van der Waals surface area contributed by atoms with Gasteiger partial charge in [0.15, 0.2) is 0 Å². The van der Waals surface area contributed by atoms with Crippen molar-refractivity contribution in [1.82, 2.24) is 0 Å². The highest BCUT2D eigenvalue weighted by Crippen LogP contribution is 2.32. The van der Waals surface area contributed by atoms with Crippen LogP contribution < -0.4 is 10.2 Å². The van der Waals surface area contributed by atoms with Gasteiger partial charge in [-0.3, -0.25) is 4.79 Å². The van der Waals surface area contributed by atoms with Crippen molar-refractivity contribution < 1.29 is 9.18 Å². The van der Waals surface area contributed by atoms with Gasteiger partial charge in [0.1, 0.15) is 11.9 Å². The molecule has 0 saturated carbocycles. The molecule has 0 spiro atoms. The number of carbonyl (C=O) groups excluding carboxylic acids is 1.